The number of hydrogen-bond acceptors (Lipinski definition) is 3. The van der Waals surface area contributed by atoms with Gasteiger partial charge in [0, 0.05) is 60.0 Å². The summed E-state index contributed by atoms with van der Waals surface area (Å²) < 4.78 is 9.18. The molecule has 14 aromatic rings. The number of aromatic nitrogens is 6. The van der Waals surface area contributed by atoms with E-state index in [4.69, 9.17) is 9.97 Å². The number of nitrogens with zero attached hydrogens (tertiary/aromatic N) is 7. The Morgan fingerprint density at radius 1 is 0.303 bits per heavy atom. The third kappa shape index (κ3) is 4.95. The van der Waals surface area contributed by atoms with Crippen LogP contribution in [-0.4, -0.2) is 28.2 Å². The smallest absolute Gasteiger partial charge is 0.164 e. The van der Waals surface area contributed by atoms with Crippen molar-refractivity contribution in [3.63, 3.8) is 0 Å². The standard InChI is InChI=1S/C59H35N7/c60-36-48-58(65-51-30-16-12-26-42(51)46-34-32-44-40-24-10-14-28-49(40)63(53(44)55(46)65)38-20-6-2-7-21-38)61-57(37-18-4-1-5-19-37)62-59(48)66-52-31-17-13-27-43(52)47-35-33-45-41-25-11-15-29-50(41)64(54(45)56(47)66)39-22-8-3-9-23-39/h1-35H. The summed E-state index contributed by atoms with van der Waals surface area (Å²) in [5.41, 5.74) is 11.4. The summed E-state index contributed by atoms with van der Waals surface area (Å²) in [5, 5.41) is 20.7. The number of benzene rings is 9. The van der Waals surface area contributed by atoms with Crippen LogP contribution in [0.25, 0.3) is 122 Å². The van der Waals surface area contributed by atoms with Crippen molar-refractivity contribution < 1.29 is 0 Å². The molecule has 14 rings (SSSR count). The summed E-state index contributed by atoms with van der Waals surface area (Å²) in [5.74, 6) is 1.53. The third-order valence-electron chi connectivity index (χ3n) is 13.4. The van der Waals surface area contributed by atoms with Gasteiger partial charge in [0.25, 0.3) is 0 Å². The number of rotatable bonds is 5. The van der Waals surface area contributed by atoms with E-state index >= 15 is 0 Å². The monoisotopic (exact) mass is 841 g/mol. The van der Waals surface area contributed by atoms with Crippen LogP contribution in [0.5, 0.6) is 0 Å². The van der Waals surface area contributed by atoms with E-state index in [1.165, 1.54) is 0 Å². The van der Waals surface area contributed by atoms with Gasteiger partial charge in [-0.1, -0.05) is 164 Å². The summed E-state index contributed by atoms with van der Waals surface area (Å²) in [6.07, 6.45) is 0. The molecule has 0 unspecified atom stereocenters. The second-order valence-corrected chi connectivity index (χ2v) is 16.8. The van der Waals surface area contributed by atoms with E-state index in [0.717, 1.165) is 104 Å². The first-order valence-electron chi connectivity index (χ1n) is 22.2. The Kier molecular flexibility index (Phi) is 7.62. The summed E-state index contributed by atoms with van der Waals surface area (Å²) in [6, 6.07) is 77.1. The van der Waals surface area contributed by atoms with Crippen molar-refractivity contribution >= 4 is 87.2 Å². The molecule has 0 amide bonds. The van der Waals surface area contributed by atoms with Crippen LogP contribution >= 0.6 is 0 Å². The number of hydrogen-bond donors (Lipinski definition) is 0. The van der Waals surface area contributed by atoms with Gasteiger partial charge in [-0.2, -0.15) is 5.26 Å². The predicted octanol–water partition coefficient (Wildman–Crippen LogP) is 14.4. The largest absolute Gasteiger partial charge is 0.307 e. The zero-order valence-electron chi connectivity index (χ0n) is 35.3. The molecule has 0 aliphatic heterocycles. The minimum Gasteiger partial charge on any atom is -0.307 e. The molecule has 0 spiro atoms. The molecule has 5 heterocycles. The van der Waals surface area contributed by atoms with E-state index in [2.05, 4.69) is 206 Å². The molecule has 0 aliphatic carbocycles. The average Bonchev–Trinajstić information content (AvgIpc) is 4.12. The lowest BCUT2D eigenvalue weighted by atomic mass is 10.1. The van der Waals surface area contributed by atoms with Gasteiger partial charge in [0.1, 0.15) is 11.6 Å². The highest BCUT2D eigenvalue weighted by Crippen LogP contribution is 2.45. The van der Waals surface area contributed by atoms with Crippen molar-refractivity contribution in [1.82, 2.24) is 28.2 Å². The molecule has 0 bridgehead atoms. The molecular weight excluding hydrogens is 807 g/mol. The molecule has 0 fully saturated rings. The van der Waals surface area contributed by atoms with Crippen LogP contribution < -0.4 is 0 Å². The zero-order chi connectivity index (χ0) is 43.5. The Hall–Kier alpha value is -9.25. The van der Waals surface area contributed by atoms with Crippen molar-refractivity contribution in [2.45, 2.75) is 0 Å². The van der Waals surface area contributed by atoms with Crippen molar-refractivity contribution in [1.29, 1.82) is 5.26 Å². The number of para-hydroxylation sites is 6. The molecule has 5 aromatic heterocycles. The maximum absolute atomic E-state index is 11.9. The molecule has 306 valence electrons. The molecule has 0 saturated carbocycles. The van der Waals surface area contributed by atoms with Crippen LogP contribution in [0, 0.1) is 11.3 Å². The van der Waals surface area contributed by atoms with Gasteiger partial charge >= 0.3 is 0 Å². The van der Waals surface area contributed by atoms with E-state index < -0.39 is 0 Å². The molecule has 9 aromatic carbocycles. The minimum atomic E-state index is 0.360. The van der Waals surface area contributed by atoms with Crippen LogP contribution in [0.3, 0.4) is 0 Å². The van der Waals surface area contributed by atoms with Gasteiger partial charge < -0.3 is 9.13 Å². The lowest BCUT2D eigenvalue weighted by Crippen LogP contribution is -2.11. The second-order valence-electron chi connectivity index (χ2n) is 16.8. The summed E-state index contributed by atoms with van der Waals surface area (Å²) >= 11 is 0. The average molecular weight is 842 g/mol. The Labute approximate surface area is 377 Å². The molecule has 0 aliphatic rings. The van der Waals surface area contributed by atoms with E-state index in [-0.39, 0.29) is 0 Å². The molecular formula is C59H35N7. The maximum atomic E-state index is 11.9. The third-order valence-corrected chi connectivity index (χ3v) is 13.4. The Bertz CT molecular complexity index is 4080. The maximum Gasteiger partial charge on any atom is 0.164 e. The quantitative estimate of drug-likeness (QED) is 0.173. The van der Waals surface area contributed by atoms with Crippen molar-refractivity contribution in [2.24, 2.45) is 0 Å². The normalized spacial score (nSPS) is 11.9. The molecule has 66 heavy (non-hydrogen) atoms. The van der Waals surface area contributed by atoms with Gasteiger partial charge in [-0.05, 0) is 48.5 Å². The number of nitriles is 1. The van der Waals surface area contributed by atoms with Crippen LogP contribution in [0.4, 0.5) is 0 Å². The molecule has 0 saturated heterocycles. The van der Waals surface area contributed by atoms with Crippen LogP contribution in [-0.2, 0) is 0 Å². The van der Waals surface area contributed by atoms with Gasteiger partial charge in [-0.25, -0.2) is 9.97 Å². The molecule has 0 N–H and O–H groups in total. The minimum absolute atomic E-state index is 0.360. The first-order chi connectivity index (χ1) is 32.8. The Balaban J connectivity index is 1.21. The first-order valence-corrected chi connectivity index (χ1v) is 22.2. The summed E-state index contributed by atoms with van der Waals surface area (Å²) in [6.45, 7) is 0. The predicted molar refractivity (Wildman–Crippen MR) is 270 cm³/mol. The van der Waals surface area contributed by atoms with Crippen molar-refractivity contribution in [3.8, 4) is 40.5 Å². The lowest BCUT2D eigenvalue weighted by Gasteiger charge is -2.18. The van der Waals surface area contributed by atoms with Crippen molar-refractivity contribution in [2.75, 3.05) is 0 Å². The van der Waals surface area contributed by atoms with Crippen molar-refractivity contribution in [3.05, 3.63) is 218 Å². The molecule has 0 radical (unpaired) electrons. The molecule has 0 atom stereocenters. The summed E-state index contributed by atoms with van der Waals surface area (Å²) in [4.78, 5) is 11.0. The topological polar surface area (TPSA) is 69.3 Å². The number of fused-ring (bicyclic) bond motifs is 14. The second kappa shape index (κ2) is 13.9. The van der Waals surface area contributed by atoms with Gasteiger partial charge in [0.15, 0.2) is 17.5 Å². The van der Waals surface area contributed by atoms with Crippen LogP contribution in [0.2, 0.25) is 0 Å². The van der Waals surface area contributed by atoms with Gasteiger partial charge in [-0.3, -0.25) is 9.13 Å². The van der Waals surface area contributed by atoms with E-state index in [0.29, 0.717) is 23.0 Å². The van der Waals surface area contributed by atoms with Gasteiger partial charge in [-0.15, -0.1) is 0 Å². The molecule has 7 nitrogen and oxygen atoms in total. The fraction of sp³-hybridized carbons (Fsp3) is 0. The van der Waals surface area contributed by atoms with E-state index in [1.807, 2.05) is 30.3 Å². The first kappa shape index (κ1) is 36.3. The summed E-state index contributed by atoms with van der Waals surface area (Å²) in [7, 11) is 0. The van der Waals surface area contributed by atoms with Crippen LogP contribution in [0.1, 0.15) is 5.56 Å². The van der Waals surface area contributed by atoms with E-state index in [1.54, 1.807) is 0 Å². The van der Waals surface area contributed by atoms with Gasteiger partial charge in [0.05, 0.1) is 44.1 Å². The lowest BCUT2D eigenvalue weighted by molar-refractivity contribution is 0.981. The van der Waals surface area contributed by atoms with Gasteiger partial charge in [0.2, 0.25) is 0 Å². The van der Waals surface area contributed by atoms with E-state index in [9.17, 15) is 5.26 Å². The molecule has 7 heteroatoms. The highest BCUT2D eigenvalue weighted by Gasteiger charge is 2.29. The Morgan fingerprint density at radius 3 is 0.970 bits per heavy atom. The zero-order valence-corrected chi connectivity index (χ0v) is 35.3. The Morgan fingerprint density at radius 2 is 0.606 bits per heavy atom. The fourth-order valence-corrected chi connectivity index (χ4v) is 10.7. The SMILES string of the molecule is N#Cc1c(-n2c3ccccc3c3ccc4c5ccccc5n(-c5ccccc5)c4c32)nc(-c2ccccc2)nc1-n1c2ccccc2c2ccc3c4ccccc4n(-c4ccccc4)c3c21. The highest BCUT2D eigenvalue weighted by molar-refractivity contribution is 6.25. The highest BCUT2D eigenvalue weighted by atomic mass is 15.2. The fourth-order valence-electron chi connectivity index (χ4n) is 10.7. The van der Waals surface area contributed by atoms with Crippen LogP contribution in [0.15, 0.2) is 212 Å².